The predicted molar refractivity (Wildman–Crippen MR) is 84.9 cm³/mol. The van der Waals surface area contributed by atoms with Gasteiger partial charge in [0, 0.05) is 18.5 Å². The maximum Gasteiger partial charge on any atom is 0.204 e. The van der Waals surface area contributed by atoms with Crippen LogP contribution in [0.25, 0.3) is 10.9 Å². The van der Waals surface area contributed by atoms with Crippen LogP contribution in [0.4, 0.5) is 5.82 Å². The van der Waals surface area contributed by atoms with E-state index in [1.807, 2.05) is 13.1 Å². The zero-order valence-corrected chi connectivity index (χ0v) is 13.2. The number of nitrogens with zero attached hydrogens (tertiary/aromatic N) is 1. The molecule has 2 aromatic rings. The van der Waals surface area contributed by atoms with Gasteiger partial charge in [-0.2, -0.15) is 0 Å². The highest BCUT2D eigenvalue weighted by atomic mass is 16.5. The van der Waals surface area contributed by atoms with Crippen molar-refractivity contribution in [3.05, 3.63) is 17.7 Å². The van der Waals surface area contributed by atoms with Gasteiger partial charge in [0.05, 0.1) is 26.8 Å². The van der Waals surface area contributed by atoms with Crippen LogP contribution in [0.1, 0.15) is 18.9 Å². The van der Waals surface area contributed by atoms with Crippen molar-refractivity contribution in [1.29, 1.82) is 0 Å². The Bertz CT molecular complexity index is 641. The molecule has 2 rings (SSSR count). The normalized spacial score (nSPS) is 10.5. The first-order chi connectivity index (χ1) is 10.2. The molecular formula is C16H22N2O3. The van der Waals surface area contributed by atoms with Gasteiger partial charge in [-0.15, -0.1) is 0 Å². The van der Waals surface area contributed by atoms with Gasteiger partial charge in [-0.1, -0.05) is 13.3 Å². The second-order valence-corrected chi connectivity index (χ2v) is 4.71. The van der Waals surface area contributed by atoms with Crippen LogP contribution in [-0.4, -0.2) is 33.4 Å². The fourth-order valence-corrected chi connectivity index (χ4v) is 2.51. The average molecular weight is 290 g/mol. The Morgan fingerprint density at radius 2 is 1.76 bits per heavy atom. The zero-order chi connectivity index (χ0) is 15.4. The van der Waals surface area contributed by atoms with Crippen LogP contribution in [0.3, 0.4) is 0 Å². The summed E-state index contributed by atoms with van der Waals surface area (Å²) in [7, 11) is 6.72. The van der Waals surface area contributed by atoms with Crippen molar-refractivity contribution in [3.63, 3.8) is 0 Å². The Morgan fingerprint density at radius 3 is 2.29 bits per heavy atom. The summed E-state index contributed by atoms with van der Waals surface area (Å²) in [5.74, 6) is 2.74. The molecule has 0 atom stereocenters. The number of hydrogen-bond donors (Lipinski definition) is 1. The van der Waals surface area contributed by atoms with Crippen molar-refractivity contribution in [3.8, 4) is 17.2 Å². The van der Waals surface area contributed by atoms with Crippen LogP contribution in [0.5, 0.6) is 17.2 Å². The molecule has 1 heterocycles. The number of methoxy groups -OCH3 is 3. The lowest BCUT2D eigenvalue weighted by Crippen LogP contribution is -2.02. The molecule has 0 saturated heterocycles. The van der Waals surface area contributed by atoms with E-state index >= 15 is 0 Å². The molecule has 21 heavy (non-hydrogen) atoms. The van der Waals surface area contributed by atoms with Gasteiger partial charge in [0.2, 0.25) is 5.75 Å². The molecule has 0 saturated carbocycles. The lowest BCUT2D eigenvalue weighted by atomic mass is 10.1. The number of nitrogens with one attached hydrogen (secondary N) is 1. The van der Waals surface area contributed by atoms with E-state index in [9.17, 15) is 0 Å². The fraction of sp³-hybridized carbons (Fsp3) is 0.438. The van der Waals surface area contributed by atoms with E-state index < -0.39 is 0 Å². The molecule has 114 valence electrons. The summed E-state index contributed by atoms with van der Waals surface area (Å²) in [5, 5.41) is 4.08. The first-order valence-electron chi connectivity index (χ1n) is 7.00. The van der Waals surface area contributed by atoms with Gasteiger partial charge in [0.25, 0.3) is 0 Å². The highest BCUT2D eigenvalue weighted by Crippen LogP contribution is 2.43. The fourth-order valence-electron chi connectivity index (χ4n) is 2.51. The van der Waals surface area contributed by atoms with E-state index in [4.69, 9.17) is 14.2 Å². The summed E-state index contributed by atoms with van der Waals surface area (Å²) >= 11 is 0. The number of fused-ring (bicyclic) bond motifs is 1. The number of aryl methyl sites for hydroxylation is 1. The summed E-state index contributed by atoms with van der Waals surface area (Å²) in [5.41, 5.74) is 1.98. The topological polar surface area (TPSA) is 52.6 Å². The monoisotopic (exact) mass is 290 g/mol. The van der Waals surface area contributed by atoms with E-state index in [1.165, 1.54) is 0 Å². The number of rotatable bonds is 6. The van der Waals surface area contributed by atoms with E-state index in [2.05, 4.69) is 23.3 Å². The van der Waals surface area contributed by atoms with Crippen molar-refractivity contribution >= 4 is 16.7 Å². The first kappa shape index (κ1) is 15.2. The standard InChI is InChI=1S/C16H22N2O3/c1-6-7-10-8-11-12(18-16(10)17-2)9-13(19-3)15(21-5)14(11)20-4/h8-9H,6-7H2,1-5H3,(H,17,18). The van der Waals surface area contributed by atoms with Gasteiger partial charge in [-0.05, 0) is 18.1 Å². The van der Waals surface area contributed by atoms with Crippen LogP contribution in [-0.2, 0) is 6.42 Å². The molecule has 0 amide bonds. The van der Waals surface area contributed by atoms with E-state index in [0.29, 0.717) is 17.2 Å². The molecule has 0 spiro atoms. The van der Waals surface area contributed by atoms with Crippen LogP contribution in [0, 0.1) is 0 Å². The van der Waals surface area contributed by atoms with Crippen molar-refractivity contribution in [2.24, 2.45) is 0 Å². The van der Waals surface area contributed by atoms with Gasteiger partial charge in [0.15, 0.2) is 11.5 Å². The molecule has 0 aliphatic rings. The summed E-state index contributed by atoms with van der Waals surface area (Å²) in [6.07, 6.45) is 2.01. The van der Waals surface area contributed by atoms with Crippen molar-refractivity contribution in [1.82, 2.24) is 4.98 Å². The van der Waals surface area contributed by atoms with Gasteiger partial charge >= 0.3 is 0 Å². The molecule has 0 radical (unpaired) electrons. The largest absolute Gasteiger partial charge is 0.493 e. The number of benzene rings is 1. The van der Waals surface area contributed by atoms with Gasteiger partial charge in [0.1, 0.15) is 5.82 Å². The second kappa shape index (κ2) is 6.52. The van der Waals surface area contributed by atoms with Crippen LogP contribution >= 0.6 is 0 Å². The molecule has 1 aromatic carbocycles. The van der Waals surface area contributed by atoms with E-state index in [0.717, 1.165) is 35.1 Å². The Hall–Kier alpha value is -2.17. The highest BCUT2D eigenvalue weighted by Gasteiger charge is 2.18. The number of hydrogen-bond acceptors (Lipinski definition) is 5. The van der Waals surface area contributed by atoms with Gasteiger partial charge < -0.3 is 19.5 Å². The Kier molecular flexibility index (Phi) is 4.73. The molecular weight excluding hydrogens is 268 g/mol. The molecule has 0 aliphatic heterocycles. The van der Waals surface area contributed by atoms with Crippen molar-refractivity contribution in [2.45, 2.75) is 19.8 Å². The van der Waals surface area contributed by atoms with E-state index in [-0.39, 0.29) is 0 Å². The quantitative estimate of drug-likeness (QED) is 0.885. The molecule has 0 unspecified atom stereocenters. The number of anilines is 1. The molecule has 5 heteroatoms. The molecule has 1 N–H and O–H groups in total. The molecule has 1 aromatic heterocycles. The first-order valence-corrected chi connectivity index (χ1v) is 7.00. The SMILES string of the molecule is CCCc1cc2c(OC)c(OC)c(OC)cc2nc1NC. The third-order valence-corrected chi connectivity index (χ3v) is 3.46. The second-order valence-electron chi connectivity index (χ2n) is 4.71. The average Bonchev–Trinajstić information content (AvgIpc) is 2.52. The summed E-state index contributed by atoms with van der Waals surface area (Å²) in [6, 6.07) is 3.98. The Labute approximate surface area is 125 Å². The van der Waals surface area contributed by atoms with E-state index in [1.54, 1.807) is 21.3 Å². The maximum atomic E-state index is 5.53. The molecule has 0 bridgehead atoms. The number of pyridine rings is 1. The van der Waals surface area contributed by atoms with Gasteiger partial charge in [-0.25, -0.2) is 4.98 Å². The summed E-state index contributed by atoms with van der Waals surface area (Å²) in [6.45, 7) is 2.15. The van der Waals surface area contributed by atoms with Gasteiger partial charge in [-0.3, -0.25) is 0 Å². The third kappa shape index (κ3) is 2.68. The summed E-state index contributed by atoms with van der Waals surface area (Å²) in [4.78, 5) is 4.68. The highest BCUT2D eigenvalue weighted by molar-refractivity contribution is 5.92. The third-order valence-electron chi connectivity index (χ3n) is 3.46. The lowest BCUT2D eigenvalue weighted by molar-refractivity contribution is 0.327. The van der Waals surface area contributed by atoms with Crippen molar-refractivity contribution < 1.29 is 14.2 Å². The minimum absolute atomic E-state index is 0.592. The Morgan fingerprint density at radius 1 is 1.05 bits per heavy atom. The maximum absolute atomic E-state index is 5.53. The minimum Gasteiger partial charge on any atom is -0.493 e. The lowest BCUT2D eigenvalue weighted by Gasteiger charge is -2.16. The molecule has 0 fully saturated rings. The summed E-state index contributed by atoms with van der Waals surface area (Å²) < 4.78 is 16.3. The predicted octanol–water partition coefficient (Wildman–Crippen LogP) is 3.25. The smallest absolute Gasteiger partial charge is 0.204 e. The molecule has 0 aliphatic carbocycles. The molecule has 5 nitrogen and oxygen atoms in total. The number of ether oxygens (including phenoxy) is 3. The van der Waals surface area contributed by atoms with Crippen LogP contribution in [0.15, 0.2) is 12.1 Å². The van der Waals surface area contributed by atoms with Crippen LogP contribution in [0.2, 0.25) is 0 Å². The minimum atomic E-state index is 0.592. The van der Waals surface area contributed by atoms with Crippen molar-refractivity contribution in [2.75, 3.05) is 33.7 Å². The zero-order valence-electron chi connectivity index (χ0n) is 13.2. The Balaban J connectivity index is 2.79. The van der Waals surface area contributed by atoms with Crippen LogP contribution < -0.4 is 19.5 Å². The number of aromatic nitrogens is 1.